The number of ketones is 1. The van der Waals surface area contributed by atoms with Crippen molar-refractivity contribution in [2.75, 3.05) is 13.1 Å². The largest absolute Gasteiger partial charge is 0.293 e. The fourth-order valence-electron chi connectivity index (χ4n) is 1.74. The zero-order valence-electron chi connectivity index (χ0n) is 9.00. The van der Waals surface area contributed by atoms with E-state index in [-0.39, 0.29) is 5.78 Å². The molecule has 0 amide bonds. The fraction of sp³-hybridized carbons (Fsp3) is 0.545. The van der Waals surface area contributed by atoms with E-state index in [2.05, 4.69) is 11.8 Å². The van der Waals surface area contributed by atoms with E-state index >= 15 is 0 Å². The summed E-state index contributed by atoms with van der Waals surface area (Å²) in [5, 5.41) is 0. The van der Waals surface area contributed by atoms with Gasteiger partial charge in [0.2, 0.25) is 0 Å². The Labute approximate surface area is 109 Å². The number of likely N-dealkylation sites (N-methyl/N-ethyl adjacent to an activating group) is 1. The summed E-state index contributed by atoms with van der Waals surface area (Å²) in [6.07, 6.45) is 2.42. The van der Waals surface area contributed by atoms with E-state index < -0.39 is 0 Å². The number of hydrogen-bond donors (Lipinski definition) is 0. The van der Waals surface area contributed by atoms with Crippen LogP contribution in [0.3, 0.4) is 0 Å². The van der Waals surface area contributed by atoms with Crippen LogP contribution in [-0.4, -0.2) is 29.8 Å². The molecule has 0 aliphatic heterocycles. The molecular formula is C11H13Cl2NOS. The topological polar surface area (TPSA) is 20.3 Å². The Hall–Kier alpha value is -0.0900. The molecule has 0 unspecified atom stereocenters. The quantitative estimate of drug-likeness (QED) is 0.765. The third-order valence-electron chi connectivity index (χ3n) is 2.77. The van der Waals surface area contributed by atoms with E-state index in [0.717, 1.165) is 6.54 Å². The maximum atomic E-state index is 12.0. The molecule has 1 fully saturated rings. The molecule has 0 spiro atoms. The zero-order chi connectivity index (χ0) is 11.7. The van der Waals surface area contributed by atoms with Gasteiger partial charge in [0.1, 0.15) is 4.34 Å². The van der Waals surface area contributed by atoms with Gasteiger partial charge in [0.15, 0.2) is 5.78 Å². The molecule has 1 aromatic rings. The van der Waals surface area contributed by atoms with Crippen molar-refractivity contribution in [1.29, 1.82) is 0 Å². The second kappa shape index (κ2) is 5.05. The highest BCUT2D eigenvalue weighted by molar-refractivity contribution is 7.20. The van der Waals surface area contributed by atoms with Crippen molar-refractivity contribution in [3.63, 3.8) is 0 Å². The molecule has 0 radical (unpaired) electrons. The van der Waals surface area contributed by atoms with Crippen molar-refractivity contribution in [3.8, 4) is 0 Å². The van der Waals surface area contributed by atoms with Crippen LogP contribution in [-0.2, 0) is 0 Å². The molecule has 1 saturated carbocycles. The highest BCUT2D eigenvalue weighted by atomic mass is 35.5. The summed E-state index contributed by atoms with van der Waals surface area (Å²) in [5.74, 6) is 0.0712. The van der Waals surface area contributed by atoms with Crippen LogP contribution in [0.4, 0.5) is 0 Å². The Bertz CT molecular complexity index is 401. The van der Waals surface area contributed by atoms with Crippen LogP contribution in [0, 0.1) is 0 Å². The summed E-state index contributed by atoms with van der Waals surface area (Å²) in [7, 11) is 0. The van der Waals surface area contributed by atoms with Crippen LogP contribution in [0.25, 0.3) is 0 Å². The number of nitrogens with zero attached hydrogens (tertiary/aromatic N) is 1. The van der Waals surface area contributed by atoms with Gasteiger partial charge in [-0.05, 0) is 25.5 Å². The predicted octanol–water partition coefficient (Wildman–Crippen LogP) is 3.72. The Morgan fingerprint density at radius 3 is 2.69 bits per heavy atom. The first-order chi connectivity index (χ1) is 7.61. The lowest BCUT2D eigenvalue weighted by Gasteiger charge is -2.18. The van der Waals surface area contributed by atoms with Gasteiger partial charge in [-0.25, -0.2) is 0 Å². The molecule has 1 heterocycles. The van der Waals surface area contributed by atoms with Crippen molar-refractivity contribution < 1.29 is 4.79 Å². The number of Topliss-reactive ketones (excluding diaryl/α,β-unsaturated/α-hetero) is 1. The monoisotopic (exact) mass is 277 g/mol. The zero-order valence-corrected chi connectivity index (χ0v) is 11.3. The van der Waals surface area contributed by atoms with Gasteiger partial charge in [0, 0.05) is 6.04 Å². The standard InChI is InChI=1S/C11H13Cl2NOS/c1-2-14(7-3-4-7)6-9(15)8-5-10(12)16-11(8)13/h5,7H,2-4,6H2,1H3. The first-order valence-corrected chi connectivity index (χ1v) is 6.91. The molecule has 2 nitrogen and oxygen atoms in total. The van der Waals surface area contributed by atoms with E-state index in [1.165, 1.54) is 24.2 Å². The molecule has 0 saturated heterocycles. The maximum absolute atomic E-state index is 12.0. The predicted molar refractivity (Wildman–Crippen MR) is 68.9 cm³/mol. The number of carbonyl (C=O) groups is 1. The van der Waals surface area contributed by atoms with Gasteiger partial charge < -0.3 is 0 Å². The molecule has 0 bridgehead atoms. The van der Waals surface area contributed by atoms with E-state index in [9.17, 15) is 4.79 Å². The molecular weight excluding hydrogens is 265 g/mol. The van der Waals surface area contributed by atoms with E-state index in [4.69, 9.17) is 23.2 Å². The number of rotatable bonds is 5. The summed E-state index contributed by atoms with van der Waals surface area (Å²) in [5.41, 5.74) is 0.566. The Morgan fingerprint density at radius 2 is 2.25 bits per heavy atom. The van der Waals surface area contributed by atoms with Crippen molar-refractivity contribution in [2.45, 2.75) is 25.8 Å². The summed E-state index contributed by atoms with van der Waals surface area (Å²) >= 11 is 13.0. The van der Waals surface area contributed by atoms with Crippen LogP contribution >= 0.6 is 34.5 Å². The lowest BCUT2D eigenvalue weighted by Crippen LogP contribution is -2.31. The molecule has 1 aromatic heterocycles. The molecule has 16 heavy (non-hydrogen) atoms. The third-order valence-corrected chi connectivity index (χ3v) is 4.26. The Kier molecular flexibility index (Phi) is 3.90. The van der Waals surface area contributed by atoms with Gasteiger partial charge in [-0.15, -0.1) is 11.3 Å². The van der Waals surface area contributed by atoms with Gasteiger partial charge in [-0.3, -0.25) is 9.69 Å². The van der Waals surface area contributed by atoms with Gasteiger partial charge in [0.05, 0.1) is 16.4 Å². The molecule has 88 valence electrons. The summed E-state index contributed by atoms with van der Waals surface area (Å²) < 4.78 is 1.07. The summed E-state index contributed by atoms with van der Waals surface area (Å²) in [4.78, 5) is 14.2. The Morgan fingerprint density at radius 1 is 1.56 bits per heavy atom. The second-order valence-electron chi connectivity index (χ2n) is 3.96. The van der Waals surface area contributed by atoms with E-state index in [1.54, 1.807) is 6.07 Å². The third kappa shape index (κ3) is 2.77. The van der Waals surface area contributed by atoms with Crippen LogP contribution in [0.2, 0.25) is 8.67 Å². The highest BCUT2D eigenvalue weighted by Crippen LogP contribution is 2.32. The fourth-order valence-corrected chi connectivity index (χ4v) is 3.24. The molecule has 2 rings (SSSR count). The molecule has 5 heteroatoms. The molecule has 0 N–H and O–H groups in total. The molecule has 0 atom stereocenters. The van der Waals surface area contributed by atoms with Crippen molar-refractivity contribution >= 4 is 40.3 Å². The van der Waals surface area contributed by atoms with Gasteiger partial charge >= 0.3 is 0 Å². The van der Waals surface area contributed by atoms with Gasteiger partial charge in [0.25, 0.3) is 0 Å². The number of hydrogen-bond acceptors (Lipinski definition) is 3. The average molecular weight is 278 g/mol. The number of carbonyl (C=O) groups excluding carboxylic acids is 1. The lowest BCUT2D eigenvalue weighted by atomic mass is 10.2. The van der Waals surface area contributed by atoms with Crippen LogP contribution in [0.15, 0.2) is 6.07 Å². The molecule has 0 aromatic carbocycles. The minimum Gasteiger partial charge on any atom is -0.293 e. The lowest BCUT2D eigenvalue weighted by molar-refractivity contribution is 0.0929. The molecule has 1 aliphatic carbocycles. The Balaban J connectivity index is 2.04. The van der Waals surface area contributed by atoms with Crippen molar-refractivity contribution in [1.82, 2.24) is 4.90 Å². The van der Waals surface area contributed by atoms with Crippen LogP contribution in [0.1, 0.15) is 30.1 Å². The first-order valence-electron chi connectivity index (χ1n) is 5.34. The highest BCUT2D eigenvalue weighted by Gasteiger charge is 2.29. The van der Waals surface area contributed by atoms with Crippen molar-refractivity contribution in [2.24, 2.45) is 0 Å². The van der Waals surface area contributed by atoms with Gasteiger partial charge in [-0.2, -0.15) is 0 Å². The van der Waals surface area contributed by atoms with E-state index in [0.29, 0.717) is 26.8 Å². The van der Waals surface area contributed by atoms with Crippen molar-refractivity contribution in [3.05, 3.63) is 20.3 Å². The van der Waals surface area contributed by atoms with Crippen LogP contribution in [0.5, 0.6) is 0 Å². The summed E-state index contributed by atoms with van der Waals surface area (Å²) in [6.45, 7) is 3.44. The SMILES string of the molecule is CCN(CC(=O)c1cc(Cl)sc1Cl)C1CC1. The van der Waals surface area contributed by atoms with Crippen LogP contribution < -0.4 is 0 Å². The second-order valence-corrected chi connectivity index (χ2v) is 6.24. The smallest absolute Gasteiger partial charge is 0.179 e. The molecule has 1 aliphatic rings. The van der Waals surface area contributed by atoms with Gasteiger partial charge in [-0.1, -0.05) is 30.1 Å². The summed E-state index contributed by atoms with van der Waals surface area (Å²) in [6, 6.07) is 2.26. The average Bonchev–Trinajstić information content (AvgIpc) is 3.01. The first kappa shape index (κ1) is 12.4. The normalized spacial score (nSPS) is 15.8. The maximum Gasteiger partial charge on any atom is 0.179 e. The number of halogens is 2. The van der Waals surface area contributed by atoms with E-state index in [1.807, 2.05) is 0 Å². The minimum atomic E-state index is 0.0712. The number of thiophene rings is 1. The minimum absolute atomic E-state index is 0.0712.